The van der Waals surface area contributed by atoms with Gasteiger partial charge >= 0.3 is 6.18 Å². The first kappa shape index (κ1) is 14.3. The summed E-state index contributed by atoms with van der Waals surface area (Å²) >= 11 is 6.90. The normalized spacial score (nSPS) is 13.5. The number of nitrogens with zero attached hydrogens (tertiary/aromatic N) is 1. The summed E-state index contributed by atoms with van der Waals surface area (Å²) in [6.45, 7) is 0. The molecule has 0 aliphatic rings. The first-order valence-corrected chi connectivity index (χ1v) is 6.93. The zero-order chi connectivity index (χ0) is 13.9. The van der Waals surface area contributed by atoms with E-state index < -0.39 is 11.2 Å². The van der Waals surface area contributed by atoms with Crippen molar-refractivity contribution in [1.29, 1.82) is 0 Å². The van der Waals surface area contributed by atoms with Gasteiger partial charge in [0.2, 0.25) is 0 Å². The smallest absolute Gasteiger partial charge is 0.240 e. The van der Waals surface area contributed by atoms with Gasteiger partial charge in [0.1, 0.15) is 0 Å². The highest BCUT2D eigenvalue weighted by molar-refractivity contribution is 7.11. The van der Waals surface area contributed by atoms with Crippen LogP contribution in [0.15, 0.2) is 36.5 Å². The highest BCUT2D eigenvalue weighted by atomic mass is 35.5. The summed E-state index contributed by atoms with van der Waals surface area (Å²) in [6, 6.07) is 9.49. The molecule has 1 atom stereocenters. The zero-order valence-corrected chi connectivity index (χ0v) is 11.4. The van der Waals surface area contributed by atoms with Crippen molar-refractivity contribution in [3.8, 4) is 0 Å². The minimum atomic E-state index is -4.36. The number of benzene rings is 1. The fraction of sp³-hybridized carbons (Fsp3) is 0.308. The maximum absolute atomic E-state index is 12.4. The van der Waals surface area contributed by atoms with Gasteiger partial charge in [-0.25, -0.2) is 4.98 Å². The van der Waals surface area contributed by atoms with E-state index in [2.05, 4.69) is 4.98 Å². The van der Waals surface area contributed by atoms with E-state index >= 15 is 0 Å². The Labute approximate surface area is 118 Å². The SMILES string of the molecule is FC(F)(F)c1ncc(CCC(Cl)c2ccccc2)s1. The summed E-state index contributed by atoms with van der Waals surface area (Å²) in [5.74, 6) is 0. The molecule has 19 heavy (non-hydrogen) atoms. The molecule has 0 amide bonds. The summed E-state index contributed by atoms with van der Waals surface area (Å²) in [6.07, 6.45) is -1.99. The Bertz CT molecular complexity index is 524. The molecule has 1 nitrogen and oxygen atoms in total. The van der Waals surface area contributed by atoms with Crippen LogP contribution in [-0.4, -0.2) is 4.98 Å². The quantitative estimate of drug-likeness (QED) is 0.718. The molecule has 0 aliphatic carbocycles. The van der Waals surface area contributed by atoms with E-state index in [4.69, 9.17) is 11.6 Å². The van der Waals surface area contributed by atoms with Crippen molar-refractivity contribution >= 4 is 22.9 Å². The maximum atomic E-state index is 12.4. The Hall–Kier alpha value is -1.07. The van der Waals surface area contributed by atoms with Crippen LogP contribution in [0.1, 0.15) is 27.2 Å². The summed E-state index contributed by atoms with van der Waals surface area (Å²) in [5.41, 5.74) is 0.977. The molecule has 0 saturated carbocycles. The Morgan fingerprint density at radius 3 is 2.47 bits per heavy atom. The number of thiazole rings is 1. The zero-order valence-electron chi connectivity index (χ0n) is 9.82. The van der Waals surface area contributed by atoms with Gasteiger partial charge in [0.15, 0.2) is 5.01 Å². The molecule has 1 heterocycles. The molecule has 1 aromatic carbocycles. The van der Waals surface area contributed by atoms with Crippen molar-refractivity contribution in [1.82, 2.24) is 4.98 Å². The molecular weight excluding hydrogens is 295 g/mol. The Balaban J connectivity index is 1.94. The van der Waals surface area contributed by atoms with Crippen LogP contribution in [0.2, 0.25) is 0 Å². The van der Waals surface area contributed by atoms with Crippen molar-refractivity contribution in [3.05, 3.63) is 52.0 Å². The van der Waals surface area contributed by atoms with E-state index in [1.807, 2.05) is 30.3 Å². The van der Waals surface area contributed by atoms with Crippen molar-refractivity contribution < 1.29 is 13.2 Å². The number of aryl methyl sites for hydroxylation is 1. The number of hydrogen-bond donors (Lipinski definition) is 0. The molecule has 0 saturated heterocycles. The lowest BCUT2D eigenvalue weighted by molar-refractivity contribution is -0.137. The van der Waals surface area contributed by atoms with Crippen LogP contribution in [-0.2, 0) is 12.6 Å². The molecule has 0 bridgehead atoms. The third-order valence-electron chi connectivity index (χ3n) is 2.60. The molecule has 0 radical (unpaired) electrons. The van der Waals surface area contributed by atoms with Gasteiger partial charge in [0, 0.05) is 11.1 Å². The highest BCUT2D eigenvalue weighted by Crippen LogP contribution is 2.34. The maximum Gasteiger partial charge on any atom is 0.443 e. The molecule has 1 aromatic heterocycles. The van der Waals surface area contributed by atoms with Gasteiger partial charge in [0.05, 0.1) is 5.38 Å². The van der Waals surface area contributed by atoms with Gasteiger partial charge in [0.25, 0.3) is 0 Å². The van der Waals surface area contributed by atoms with Crippen LogP contribution >= 0.6 is 22.9 Å². The van der Waals surface area contributed by atoms with Gasteiger partial charge in [-0.3, -0.25) is 0 Å². The number of halogens is 4. The fourth-order valence-corrected chi connectivity index (χ4v) is 2.70. The Morgan fingerprint density at radius 2 is 1.89 bits per heavy atom. The molecule has 0 N–H and O–H groups in total. The monoisotopic (exact) mass is 305 g/mol. The van der Waals surface area contributed by atoms with Crippen molar-refractivity contribution in [3.63, 3.8) is 0 Å². The van der Waals surface area contributed by atoms with Crippen LogP contribution in [0, 0.1) is 0 Å². The van der Waals surface area contributed by atoms with Gasteiger partial charge < -0.3 is 0 Å². The summed E-state index contributed by atoms with van der Waals surface area (Å²) in [7, 11) is 0. The predicted molar refractivity (Wildman–Crippen MR) is 70.5 cm³/mol. The standard InChI is InChI=1S/C13H11ClF3NS/c14-11(9-4-2-1-3-5-9)7-6-10-8-18-12(19-10)13(15,16)17/h1-5,8,11H,6-7H2. The van der Waals surface area contributed by atoms with E-state index in [1.54, 1.807) is 0 Å². The molecule has 0 spiro atoms. The lowest BCUT2D eigenvalue weighted by atomic mass is 10.1. The third kappa shape index (κ3) is 3.94. The largest absolute Gasteiger partial charge is 0.443 e. The van der Waals surface area contributed by atoms with E-state index in [9.17, 15) is 13.2 Å². The third-order valence-corrected chi connectivity index (χ3v) is 4.17. The van der Waals surface area contributed by atoms with Gasteiger partial charge in [-0.1, -0.05) is 30.3 Å². The first-order valence-electron chi connectivity index (χ1n) is 5.68. The van der Waals surface area contributed by atoms with Crippen molar-refractivity contribution in [2.45, 2.75) is 24.4 Å². The van der Waals surface area contributed by atoms with Gasteiger partial charge in [-0.2, -0.15) is 13.2 Å². The number of hydrogen-bond acceptors (Lipinski definition) is 2. The Kier molecular flexibility index (Phi) is 4.47. The van der Waals surface area contributed by atoms with Crippen LogP contribution < -0.4 is 0 Å². The highest BCUT2D eigenvalue weighted by Gasteiger charge is 2.34. The van der Waals surface area contributed by atoms with E-state index in [-0.39, 0.29) is 5.38 Å². The van der Waals surface area contributed by atoms with E-state index in [0.717, 1.165) is 5.56 Å². The minimum Gasteiger partial charge on any atom is -0.240 e. The average Bonchev–Trinajstić information content (AvgIpc) is 2.86. The van der Waals surface area contributed by atoms with Crippen LogP contribution in [0.5, 0.6) is 0 Å². The van der Waals surface area contributed by atoms with Gasteiger partial charge in [-0.15, -0.1) is 22.9 Å². The Morgan fingerprint density at radius 1 is 1.21 bits per heavy atom. The number of alkyl halides is 4. The lowest BCUT2D eigenvalue weighted by Crippen LogP contribution is -2.02. The lowest BCUT2D eigenvalue weighted by Gasteiger charge is -2.08. The van der Waals surface area contributed by atoms with Crippen molar-refractivity contribution in [2.24, 2.45) is 0 Å². The van der Waals surface area contributed by atoms with Crippen LogP contribution in [0.25, 0.3) is 0 Å². The predicted octanol–water partition coefficient (Wildman–Crippen LogP) is 5.07. The molecule has 102 valence electrons. The van der Waals surface area contributed by atoms with Gasteiger partial charge in [-0.05, 0) is 18.4 Å². The van der Waals surface area contributed by atoms with Crippen LogP contribution in [0.3, 0.4) is 0 Å². The van der Waals surface area contributed by atoms with E-state index in [0.29, 0.717) is 29.1 Å². The second-order valence-corrected chi connectivity index (χ2v) is 5.69. The first-order chi connectivity index (χ1) is 8.97. The molecule has 1 unspecified atom stereocenters. The molecule has 2 aromatic rings. The second kappa shape index (κ2) is 5.92. The molecule has 0 aliphatic heterocycles. The minimum absolute atomic E-state index is 0.197. The summed E-state index contributed by atoms with van der Waals surface area (Å²) < 4.78 is 37.2. The fourth-order valence-electron chi connectivity index (χ4n) is 1.65. The van der Waals surface area contributed by atoms with E-state index in [1.165, 1.54) is 6.20 Å². The topological polar surface area (TPSA) is 12.9 Å². The molecule has 0 fully saturated rings. The molecule has 6 heteroatoms. The second-order valence-electron chi connectivity index (χ2n) is 4.05. The average molecular weight is 306 g/mol. The summed E-state index contributed by atoms with van der Waals surface area (Å²) in [4.78, 5) is 3.99. The summed E-state index contributed by atoms with van der Waals surface area (Å²) in [5, 5.41) is -0.994. The van der Waals surface area contributed by atoms with Crippen LogP contribution in [0.4, 0.5) is 13.2 Å². The molecule has 2 rings (SSSR count). The molecular formula is C13H11ClF3NS. The number of aromatic nitrogens is 1. The number of rotatable bonds is 4. The van der Waals surface area contributed by atoms with Crippen molar-refractivity contribution in [2.75, 3.05) is 0 Å².